The molecule has 0 radical (unpaired) electrons. The Bertz CT molecular complexity index is 834. The topological polar surface area (TPSA) is 318 Å². The summed E-state index contributed by atoms with van der Waals surface area (Å²) in [5.41, 5.74) is 29.5. The Balaban J connectivity index is 1.78. The van der Waals surface area contributed by atoms with E-state index in [4.69, 9.17) is 47.6 Å². The Morgan fingerprint density at radius 1 is 0.905 bits per heavy atom. The zero-order valence-electron chi connectivity index (χ0n) is 23.6. The van der Waals surface area contributed by atoms with Crippen LogP contribution < -0.4 is 34.0 Å². The number of nitrogens with one attached hydrogen (secondary N) is 1. The minimum absolute atomic E-state index is 0.0744. The molecular weight excluding hydrogens is 560 g/mol. The van der Waals surface area contributed by atoms with Gasteiger partial charge in [-0.15, -0.1) is 0 Å². The molecule has 3 fully saturated rings. The van der Waals surface area contributed by atoms with Crippen molar-refractivity contribution >= 4 is 5.78 Å². The largest absolute Gasteiger partial charge is 0.394 e. The Kier molecular flexibility index (Phi) is 13.8. The molecule has 1 saturated carbocycles. The van der Waals surface area contributed by atoms with E-state index in [1.54, 1.807) is 0 Å². The molecule has 0 unspecified atom stereocenters. The molecule has 2 aliphatic heterocycles. The number of aliphatic hydroxyl groups is 6. The SMILES string of the molecule is NCCCNC[C@H]1O[C@H](O[C@H]2[C@H](O)[C@@H](O[C@H]3O[C@H](CO)[C@@H](O)[C@H](N)[C@H]3O)[C@H](CC(=O)[C@@H](O)CN)C[C@@H]2N)[C@H](N)C[C@@H]1O. The van der Waals surface area contributed by atoms with E-state index in [2.05, 4.69) is 5.32 Å². The zero-order chi connectivity index (χ0) is 31.1. The summed E-state index contributed by atoms with van der Waals surface area (Å²) < 4.78 is 23.6. The van der Waals surface area contributed by atoms with Crippen LogP contribution in [-0.4, -0.2) is 155 Å². The molecule has 42 heavy (non-hydrogen) atoms. The van der Waals surface area contributed by atoms with Gasteiger partial charge in [0.2, 0.25) is 0 Å². The summed E-state index contributed by atoms with van der Waals surface area (Å²) in [5, 5.41) is 65.6. The molecule has 17 nitrogen and oxygen atoms in total. The summed E-state index contributed by atoms with van der Waals surface area (Å²) in [4.78, 5) is 12.6. The van der Waals surface area contributed by atoms with Crippen LogP contribution in [0.15, 0.2) is 0 Å². The van der Waals surface area contributed by atoms with Gasteiger partial charge < -0.3 is 83.6 Å². The zero-order valence-corrected chi connectivity index (χ0v) is 23.6. The minimum atomic E-state index is -1.56. The number of ether oxygens (including phenoxy) is 4. The predicted octanol–water partition coefficient (Wildman–Crippen LogP) is -6.75. The average molecular weight is 611 g/mol. The van der Waals surface area contributed by atoms with Gasteiger partial charge in [-0.3, -0.25) is 4.79 Å². The molecule has 17 heteroatoms. The van der Waals surface area contributed by atoms with E-state index in [9.17, 15) is 35.4 Å². The van der Waals surface area contributed by atoms with E-state index < -0.39 is 104 Å². The number of rotatable bonds is 14. The van der Waals surface area contributed by atoms with Crippen molar-refractivity contribution in [2.75, 3.05) is 32.8 Å². The first-order valence-electron chi connectivity index (χ1n) is 14.5. The molecule has 3 rings (SSSR count). The van der Waals surface area contributed by atoms with Gasteiger partial charge in [-0.2, -0.15) is 0 Å². The maximum atomic E-state index is 12.6. The van der Waals surface area contributed by atoms with Gasteiger partial charge in [-0.05, 0) is 38.3 Å². The van der Waals surface area contributed by atoms with Gasteiger partial charge in [-0.25, -0.2) is 0 Å². The van der Waals surface area contributed by atoms with E-state index in [0.717, 1.165) is 6.42 Å². The van der Waals surface area contributed by atoms with Gasteiger partial charge in [0.1, 0.15) is 36.6 Å². The van der Waals surface area contributed by atoms with Gasteiger partial charge in [0.25, 0.3) is 0 Å². The van der Waals surface area contributed by atoms with Crippen molar-refractivity contribution in [1.29, 1.82) is 0 Å². The normalized spacial score (nSPS) is 43.7. The number of carbonyl (C=O) groups is 1. The van der Waals surface area contributed by atoms with Crippen LogP contribution in [0.1, 0.15) is 25.7 Å². The van der Waals surface area contributed by atoms with Crippen molar-refractivity contribution in [2.24, 2.45) is 34.6 Å². The third-order valence-electron chi connectivity index (χ3n) is 8.22. The summed E-state index contributed by atoms with van der Waals surface area (Å²) >= 11 is 0. The van der Waals surface area contributed by atoms with Crippen molar-refractivity contribution in [1.82, 2.24) is 5.32 Å². The maximum Gasteiger partial charge on any atom is 0.186 e. The van der Waals surface area contributed by atoms with Gasteiger partial charge >= 0.3 is 0 Å². The van der Waals surface area contributed by atoms with Crippen molar-refractivity contribution in [3.63, 3.8) is 0 Å². The van der Waals surface area contributed by atoms with Gasteiger partial charge in [0.05, 0.1) is 37.0 Å². The molecule has 246 valence electrons. The Morgan fingerprint density at radius 2 is 1.57 bits per heavy atom. The van der Waals surface area contributed by atoms with Crippen LogP contribution in [-0.2, 0) is 23.7 Å². The van der Waals surface area contributed by atoms with Crippen molar-refractivity contribution < 1.29 is 54.4 Å². The van der Waals surface area contributed by atoms with Crippen LogP contribution in [0.25, 0.3) is 0 Å². The number of nitrogens with two attached hydrogens (primary N) is 5. The molecule has 15 atom stereocenters. The fraction of sp³-hybridized carbons (Fsp3) is 0.960. The molecular formula is C25H50N6O11. The Hall–Kier alpha value is -0.970. The third-order valence-corrected chi connectivity index (χ3v) is 8.22. The van der Waals surface area contributed by atoms with E-state index in [1.807, 2.05) is 0 Å². The highest BCUT2D eigenvalue weighted by molar-refractivity contribution is 5.83. The number of ketones is 1. The molecule has 0 aromatic carbocycles. The fourth-order valence-electron chi connectivity index (χ4n) is 5.67. The first kappa shape index (κ1) is 35.5. The monoisotopic (exact) mass is 610 g/mol. The molecule has 2 saturated heterocycles. The standard InChI is InChI=1S/C25H50N6O11/c26-2-1-3-31-8-16-14(34)6-12(29)24(39-16)42-23-11(28)4-10(5-13(33)15(35)7-27)22(21(23)38)41-25-20(37)18(30)19(36)17(9-32)40-25/h10-12,14-25,31-32,34-38H,1-9,26-30H2/t10-,11-,12+,14-,15-,16+,17+,18-,19+,20+,21+,22-,23+,24+,25+/m0/s1. The van der Waals surface area contributed by atoms with Crippen LogP contribution in [0.3, 0.4) is 0 Å². The van der Waals surface area contributed by atoms with Gasteiger partial charge in [-0.1, -0.05) is 0 Å². The number of hydrogen-bond acceptors (Lipinski definition) is 17. The fourth-order valence-corrected chi connectivity index (χ4v) is 5.67. The van der Waals surface area contributed by atoms with Crippen molar-refractivity contribution in [3.05, 3.63) is 0 Å². The van der Waals surface area contributed by atoms with Gasteiger partial charge in [0.15, 0.2) is 18.4 Å². The molecule has 1 aliphatic carbocycles. The quantitative estimate of drug-likeness (QED) is 0.0813. The van der Waals surface area contributed by atoms with Crippen LogP contribution in [0, 0.1) is 5.92 Å². The van der Waals surface area contributed by atoms with E-state index in [0.29, 0.717) is 19.6 Å². The summed E-state index contributed by atoms with van der Waals surface area (Å²) in [7, 11) is 0. The van der Waals surface area contributed by atoms with Crippen LogP contribution in [0.5, 0.6) is 0 Å². The Labute approximate surface area is 244 Å². The second-order valence-corrected chi connectivity index (χ2v) is 11.4. The maximum absolute atomic E-state index is 12.6. The summed E-state index contributed by atoms with van der Waals surface area (Å²) in [6.07, 6.45) is -12.8. The molecule has 3 aliphatic rings. The predicted molar refractivity (Wildman–Crippen MR) is 146 cm³/mol. The highest BCUT2D eigenvalue weighted by Gasteiger charge is 2.51. The van der Waals surface area contributed by atoms with Crippen LogP contribution in [0.2, 0.25) is 0 Å². The number of hydrogen-bond donors (Lipinski definition) is 12. The molecule has 17 N–H and O–H groups in total. The lowest BCUT2D eigenvalue weighted by Crippen LogP contribution is -2.66. The number of carbonyl (C=O) groups excluding carboxylic acids is 1. The highest BCUT2D eigenvalue weighted by atomic mass is 16.7. The third kappa shape index (κ3) is 8.60. The summed E-state index contributed by atoms with van der Waals surface area (Å²) in [6, 6.07) is -2.85. The summed E-state index contributed by atoms with van der Waals surface area (Å²) in [6.45, 7) is 0.504. The highest BCUT2D eigenvalue weighted by Crippen LogP contribution is 2.36. The smallest absolute Gasteiger partial charge is 0.186 e. The lowest BCUT2D eigenvalue weighted by molar-refractivity contribution is -0.320. The van der Waals surface area contributed by atoms with Gasteiger partial charge in [0, 0.05) is 25.6 Å². The lowest BCUT2D eigenvalue weighted by atomic mass is 9.76. The second kappa shape index (κ2) is 16.4. The van der Waals surface area contributed by atoms with Crippen LogP contribution in [0.4, 0.5) is 0 Å². The molecule has 2 heterocycles. The van der Waals surface area contributed by atoms with E-state index in [-0.39, 0.29) is 25.8 Å². The first-order chi connectivity index (χ1) is 19.9. The van der Waals surface area contributed by atoms with E-state index >= 15 is 0 Å². The minimum Gasteiger partial charge on any atom is -0.394 e. The number of aliphatic hydroxyl groups excluding tert-OH is 6. The molecule has 0 spiro atoms. The lowest BCUT2D eigenvalue weighted by Gasteiger charge is -2.48. The molecule has 0 aromatic heterocycles. The Morgan fingerprint density at radius 3 is 2.21 bits per heavy atom. The van der Waals surface area contributed by atoms with Crippen molar-refractivity contribution in [2.45, 2.75) is 111 Å². The molecule has 0 amide bonds. The molecule has 0 aromatic rings. The van der Waals surface area contributed by atoms with Crippen molar-refractivity contribution in [3.8, 4) is 0 Å². The average Bonchev–Trinajstić information content (AvgIpc) is 2.96. The summed E-state index contributed by atoms with van der Waals surface area (Å²) in [5.74, 6) is -1.38. The van der Waals surface area contributed by atoms with E-state index in [1.165, 1.54) is 0 Å². The first-order valence-corrected chi connectivity index (χ1v) is 14.5. The van der Waals surface area contributed by atoms with Crippen LogP contribution >= 0.6 is 0 Å². The number of Topliss-reactive ketones (excluding diaryl/α,β-unsaturated/α-hetero) is 1. The second-order valence-electron chi connectivity index (χ2n) is 11.4. The molecule has 0 bridgehead atoms.